The van der Waals surface area contributed by atoms with E-state index >= 15 is 0 Å². The summed E-state index contributed by atoms with van der Waals surface area (Å²) in [4.78, 5) is 2.34. The zero-order chi connectivity index (χ0) is 8.69. The highest BCUT2D eigenvalue weighted by Gasteiger charge is 2.11. The predicted molar refractivity (Wildman–Crippen MR) is 48.9 cm³/mol. The van der Waals surface area contributed by atoms with Gasteiger partial charge in [0.05, 0.1) is 6.61 Å². The van der Waals surface area contributed by atoms with Crippen LogP contribution in [-0.2, 0) is 4.74 Å². The lowest BCUT2D eigenvalue weighted by Gasteiger charge is -2.19. The third-order valence-electron chi connectivity index (χ3n) is 1.91. The second kappa shape index (κ2) is 6.62. The van der Waals surface area contributed by atoms with Crippen LogP contribution in [-0.4, -0.2) is 37.7 Å². The normalized spacial score (nSPS) is 26.7. The van der Waals surface area contributed by atoms with E-state index in [1.807, 2.05) is 13.8 Å². The first-order valence-corrected chi connectivity index (χ1v) is 4.58. The Morgan fingerprint density at radius 3 is 2.64 bits per heavy atom. The fraction of sp³-hybridized carbons (Fsp3) is 1.00. The average Bonchev–Trinajstić information content (AvgIpc) is 2.22. The van der Waals surface area contributed by atoms with Crippen molar-refractivity contribution in [3.63, 3.8) is 0 Å². The SMILES string of the molecule is CC.C[C@@H]1COCCCN1C. The van der Waals surface area contributed by atoms with Crippen molar-refractivity contribution in [1.29, 1.82) is 0 Å². The van der Waals surface area contributed by atoms with E-state index in [-0.39, 0.29) is 0 Å². The van der Waals surface area contributed by atoms with Gasteiger partial charge >= 0.3 is 0 Å². The summed E-state index contributed by atoms with van der Waals surface area (Å²) in [5, 5.41) is 0. The third kappa shape index (κ3) is 4.38. The number of nitrogens with zero attached hydrogens (tertiary/aromatic N) is 1. The summed E-state index contributed by atoms with van der Waals surface area (Å²) < 4.78 is 5.34. The van der Waals surface area contributed by atoms with E-state index in [1.165, 1.54) is 13.0 Å². The summed E-state index contributed by atoms with van der Waals surface area (Å²) in [7, 11) is 2.15. The van der Waals surface area contributed by atoms with Crippen LogP contribution in [0.2, 0.25) is 0 Å². The molecule has 1 fully saturated rings. The second-order valence-corrected chi connectivity index (χ2v) is 2.76. The minimum absolute atomic E-state index is 0.604. The Labute approximate surface area is 70.5 Å². The molecular formula is C9H21NO. The van der Waals surface area contributed by atoms with E-state index in [9.17, 15) is 0 Å². The molecule has 2 nitrogen and oxygen atoms in total. The summed E-state index contributed by atoms with van der Waals surface area (Å²) in [6.45, 7) is 9.22. The predicted octanol–water partition coefficient (Wildman–Crippen LogP) is 1.75. The first-order valence-electron chi connectivity index (χ1n) is 4.58. The quantitative estimate of drug-likeness (QED) is 0.534. The molecule has 0 spiro atoms. The van der Waals surface area contributed by atoms with Crippen molar-refractivity contribution in [2.24, 2.45) is 0 Å². The van der Waals surface area contributed by atoms with Crippen molar-refractivity contribution in [2.45, 2.75) is 33.2 Å². The van der Waals surface area contributed by atoms with Crippen LogP contribution in [0.5, 0.6) is 0 Å². The maximum Gasteiger partial charge on any atom is 0.0619 e. The van der Waals surface area contributed by atoms with Crippen molar-refractivity contribution >= 4 is 0 Å². The van der Waals surface area contributed by atoms with Crippen LogP contribution < -0.4 is 0 Å². The van der Waals surface area contributed by atoms with Crippen LogP contribution in [0.1, 0.15) is 27.2 Å². The Morgan fingerprint density at radius 2 is 2.00 bits per heavy atom. The monoisotopic (exact) mass is 159 g/mol. The first kappa shape index (κ1) is 10.9. The molecule has 0 aromatic heterocycles. The molecule has 0 unspecified atom stereocenters. The van der Waals surface area contributed by atoms with Crippen LogP contribution in [0.25, 0.3) is 0 Å². The molecule has 0 N–H and O–H groups in total. The third-order valence-corrected chi connectivity index (χ3v) is 1.91. The maximum atomic E-state index is 5.34. The Kier molecular flexibility index (Phi) is 6.57. The molecule has 68 valence electrons. The Morgan fingerprint density at radius 1 is 1.36 bits per heavy atom. The molecular weight excluding hydrogens is 138 g/mol. The van der Waals surface area contributed by atoms with Crippen molar-refractivity contribution in [2.75, 3.05) is 26.8 Å². The minimum atomic E-state index is 0.604. The fourth-order valence-corrected chi connectivity index (χ4v) is 1.02. The summed E-state index contributed by atoms with van der Waals surface area (Å²) in [6, 6.07) is 0.604. The molecule has 2 heteroatoms. The lowest BCUT2D eigenvalue weighted by molar-refractivity contribution is 0.116. The van der Waals surface area contributed by atoms with E-state index in [0.717, 1.165) is 13.2 Å². The van der Waals surface area contributed by atoms with Crippen molar-refractivity contribution in [3.05, 3.63) is 0 Å². The van der Waals surface area contributed by atoms with Gasteiger partial charge in [-0.15, -0.1) is 0 Å². The Balaban J connectivity index is 0.000000461. The molecule has 0 radical (unpaired) electrons. The zero-order valence-corrected chi connectivity index (χ0v) is 8.26. The van der Waals surface area contributed by atoms with Crippen molar-refractivity contribution in [3.8, 4) is 0 Å². The molecule has 11 heavy (non-hydrogen) atoms. The first-order chi connectivity index (χ1) is 5.30. The highest BCUT2D eigenvalue weighted by Crippen LogP contribution is 2.02. The average molecular weight is 159 g/mol. The number of hydrogen-bond donors (Lipinski definition) is 0. The van der Waals surface area contributed by atoms with Gasteiger partial charge in [-0.1, -0.05) is 13.8 Å². The molecule has 0 saturated carbocycles. The summed E-state index contributed by atoms with van der Waals surface area (Å²) in [6.07, 6.45) is 1.18. The molecule has 1 saturated heterocycles. The van der Waals surface area contributed by atoms with Gasteiger partial charge < -0.3 is 9.64 Å². The lowest BCUT2D eigenvalue weighted by Crippen LogP contribution is -2.30. The molecule has 0 amide bonds. The number of hydrogen-bond acceptors (Lipinski definition) is 2. The number of likely N-dealkylation sites (N-methyl/N-ethyl adjacent to an activating group) is 1. The highest BCUT2D eigenvalue weighted by atomic mass is 16.5. The highest BCUT2D eigenvalue weighted by molar-refractivity contribution is 4.64. The van der Waals surface area contributed by atoms with Crippen LogP contribution in [0.15, 0.2) is 0 Å². The topological polar surface area (TPSA) is 12.5 Å². The van der Waals surface area contributed by atoms with Gasteiger partial charge in [0, 0.05) is 19.2 Å². The van der Waals surface area contributed by atoms with Gasteiger partial charge in [0.25, 0.3) is 0 Å². The molecule has 0 bridgehead atoms. The van der Waals surface area contributed by atoms with Gasteiger partial charge in [-0.25, -0.2) is 0 Å². The van der Waals surface area contributed by atoms with E-state index < -0.39 is 0 Å². The standard InChI is InChI=1S/C7H15NO.C2H6/c1-7-6-9-5-3-4-8(7)2;1-2/h7H,3-6H2,1-2H3;1-2H3/t7-;/m1./s1. The largest absolute Gasteiger partial charge is 0.380 e. The van der Waals surface area contributed by atoms with Crippen LogP contribution in [0.3, 0.4) is 0 Å². The molecule has 0 aromatic carbocycles. The molecule has 1 atom stereocenters. The minimum Gasteiger partial charge on any atom is -0.380 e. The van der Waals surface area contributed by atoms with Gasteiger partial charge in [0.1, 0.15) is 0 Å². The fourth-order valence-electron chi connectivity index (χ4n) is 1.02. The van der Waals surface area contributed by atoms with Crippen LogP contribution in [0.4, 0.5) is 0 Å². The van der Waals surface area contributed by atoms with Gasteiger partial charge in [0.2, 0.25) is 0 Å². The van der Waals surface area contributed by atoms with E-state index in [0.29, 0.717) is 6.04 Å². The summed E-state index contributed by atoms with van der Waals surface area (Å²) in [5.74, 6) is 0. The Bertz CT molecular complexity index is 75.6. The number of rotatable bonds is 0. The molecule has 1 rings (SSSR count). The molecule has 1 aliphatic heterocycles. The zero-order valence-electron chi connectivity index (χ0n) is 8.26. The smallest absolute Gasteiger partial charge is 0.0619 e. The van der Waals surface area contributed by atoms with Crippen LogP contribution in [0, 0.1) is 0 Å². The Hall–Kier alpha value is -0.0800. The summed E-state index contributed by atoms with van der Waals surface area (Å²) in [5.41, 5.74) is 0. The lowest BCUT2D eigenvalue weighted by atomic mass is 10.3. The molecule has 1 aliphatic rings. The van der Waals surface area contributed by atoms with Gasteiger partial charge in [-0.05, 0) is 20.4 Å². The maximum absolute atomic E-state index is 5.34. The molecule has 0 aromatic rings. The van der Waals surface area contributed by atoms with Gasteiger partial charge in [-0.3, -0.25) is 0 Å². The molecule has 0 aliphatic carbocycles. The van der Waals surface area contributed by atoms with Gasteiger partial charge in [-0.2, -0.15) is 0 Å². The number of ether oxygens (including phenoxy) is 1. The van der Waals surface area contributed by atoms with E-state index in [2.05, 4.69) is 18.9 Å². The second-order valence-electron chi connectivity index (χ2n) is 2.76. The summed E-state index contributed by atoms with van der Waals surface area (Å²) >= 11 is 0. The van der Waals surface area contributed by atoms with Crippen LogP contribution >= 0.6 is 0 Å². The van der Waals surface area contributed by atoms with Gasteiger partial charge in [0.15, 0.2) is 0 Å². The van der Waals surface area contributed by atoms with E-state index in [1.54, 1.807) is 0 Å². The van der Waals surface area contributed by atoms with Crippen molar-refractivity contribution in [1.82, 2.24) is 4.90 Å². The molecule has 1 heterocycles. The van der Waals surface area contributed by atoms with Crippen molar-refractivity contribution < 1.29 is 4.74 Å². The van der Waals surface area contributed by atoms with E-state index in [4.69, 9.17) is 4.74 Å².